The van der Waals surface area contributed by atoms with Crippen molar-refractivity contribution < 1.29 is 9.90 Å². The zero-order valence-electron chi connectivity index (χ0n) is 9.95. The van der Waals surface area contributed by atoms with E-state index in [-0.39, 0.29) is 11.6 Å². The van der Waals surface area contributed by atoms with E-state index in [1.807, 2.05) is 4.90 Å². The van der Waals surface area contributed by atoms with Crippen LogP contribution in [0.1, 0.15) is 21.7 Å². The Hall–Kier alpha value is -2.70. The lowest BCUT2D eigenvalue weighted by Crippen LogP contribution is -2.15. The molecule has 0 spiro atoms. The number of nitrogens with two attached hydrogens (primary N) is 1. The third-order valence-corrected chi connectivity index (χ3v) is 3.00. The third-order valence-electron chi connectivity index (χ3n) is 3.00. The van der Waals surface area contributed by atoms with Crippen LogP contribution in [0.15, 0.2) is 24.5 Å². The van der Waals surface area contributed by atoms with Gasteiger partial charge in [0.1, 0.15) is 5.69 Å². The highest BCUT2D eigenvalue weighted by atomic mass is 16.4. The second-order valence-electron chi connectivity index (χ2n) is 4.26. The first-order valence-electron chi connectivity index (χ1n) is 5.68. The first-order chi connectivity index (χ1) is 9.13. The Morgan fingerprint density at radius 1 is 1.37 bits per heavy atom. The van der Waals surface area contributed by atoms with Crippen LogP contribution in [0, 0.1) is 0 Å². The molecule has 2 aromatic heterocycles. The molecule has 19 heavy (non-hydrogen) atoms. The number of nitrogens with zero attached hydrogens (tertiary/aromatic N) is 4. The summed E-state index contributed by atoms with van der Waals surface area (Å²) in [7, 11) is 0. The number of hydrogen-bond acceptors (Lipinski definition) is 6. The Morgan fingerprint density at radius 3 is 3.00 bits per heavy atom. The van der Waals surface area contributed by atoms with Gasteiger partial charge >= 0.3 is 5.97 Å². The van der Waals surface area contributed by atoms with Crippen molar-refractivity contribution in [3.8, 4) is 0 Å². The van der Waals surface area contributed by atoms with Crippen LogP contribution in [0.3, 0.4) is 0 Å². The summed E-state index contributed by atoms with van der Waals surface area (Å²) in [4.78, 5) is 24.9. The van der Waals surface area contributed by atoms with Crippen LogP contribution in [0.5, 0.6) is 0 Å². The van der Waals surface area contributed by atoms with Crippen molar-refractivity contribution in [1.29, 1.82) is 0 Å². The molecule has 7 nitrogen and oxygen atoms in total. The van der Waals surface area contributed by atoms with E-state index in [2.05, 4.69) is 15.0 Å². The monoisotopic (exact) mass is 257 g/mol. The van der Waals surface area contributed by atoms with Gasteiger partial charge in [-0.15, -0.1) is 0 Å². The fourth-order valence-corrected chi connectivity index (χ4v) is 2.08. The zero-order valence-corrected chi connectivity index (χ0v) is 9.95. The largest absolute Gasteiger partial charge is 0.477 e. The number of pyridine rings is 1. The molecule has 0 unspecified atom stereocenters. The quantitative estimate of drug-likeness (QED) is 0.814. The first kappa shape index (κ1) is 11.4. The molecule has 0 fully saturated rings. The molecule has 0 bridgehead atoms. The standard InChI is InChI=1S/C12H11N5O2/c13-12-15-4-7-5-17(6-10(7)16-12)8-1-2-14-9(3-8)11(18)19/h1-4H,5-6H2,(H,18,19)(H2,13,15,16). The van der Waals surface area contributed by atoms with Crippen molar-refractivity contribution in [3.05, 3.63) is 41.5 Å². The van der Waals surface area contributed by atoms with Gasteiger partial charge in [-0.3, -0.25) is 0 Å². The number of carboxylic acid groups (broad SMARTS) is 1. The summed E-state index contributed by atoms with van der Waals surface area (Å²) < 4.78 is 0. The van der Waals surface area contributed by atoms with Crippen LogP contribution in [-0.2, 0) is 13.1 Å². The topological polar surface area (TPSA) is 105 Å². The number of aromatic carboxylic acids is 1. The van der Waals surface area contributed by atoms with Crippen molar-refractivity contribution in [3.63, 3.8) is 0 Å². The second kappa shape index (κ2) is 4.20. The van der Waals surface area contributed by atoms with Gasteiger partial charge in [-0.25, -0.2) is 19.7 Å². The molecule has 0 aliphatic carbocycles. The maximum absolute atomic E-state index is 10.9. The van der Waals surface area contributed by atoms with Crippen molar-refractivity contribution in [2.24, 2.45) is 0 Å². The van der Waals surface area contributed by atoms with Gasteiger partial charge in [0.05, 0.1) is 12.2 Å². The van der Waals surface area contributed by atoms with Gasteiger partial charge < -0.3 is 15.7 Å². The average molecular weight is 257 g/mol. The summed E-state index contributed by atoms with van der Waals surface area (Å²) >= 11 is 0. The normalized spacial score (nSPS) is 13.4. The van der Waals surface area contributed by atoms with E-state index < -0.39 is 5.97 Å². The predicted octanol–water partition coefficient (Wildman–Crippen LogP) is 0.672. The van der Waals surface area contributed by atoms with Crippen LogP contribution in [0.4, 0.5) is 11.6 Å². The van der Waals surface area contributed by atoms with Gasteiger partial charge in [-0.1, -0.05) is 0 Å². The highest BCUT2D eigenvalue weighted by molar-refractivity contribution is 5.86. The lowest BCUT2D eigenvalue weighted by Gasteiger charge is -2.17. The molecule has 0 saturated heterocycles. The van der Waals surface area contributed by atoms with Crippen LogP contribution in [-0.4, -0.2) is 26.0 Å². The smallest absolute Gasteiger partial charge is 0.354 e. The summed E-state index contributed by atoms with van der Waals surface area (Å²) in [6, 6.07) is 3.32. The van der Waals surface area contributed by atoms with Gasteiger partial charge in [0.15, 0.2) is 0 Å². The summed E-state index contributed by atoms with van der Waals surface area (Å²) in [6.07, 6.45) is 3.19. The molecule has 0 amide bonds. The van der Waals surface area contributed by atoms with E-state index in [1.54, 1.807) is 18.3 Å². The zero-order chi connectivity index (χ0) is 13.4. The van der Waals surface area contributed by atoms with Crippen LogP contribution >= 0.6 is 0 Å². The molecule has 3 rings (SSSR count). The van der Waals surface area contributed by atoms with Gasteiger partial charge in [0.25, 0.3) is 0 Å². The molecule has 3 N–H and O–H groups in total. The molecule has 2 aromatic rings. The number of fused-ring (bicyclic) bond motifs is 1. The Bertz CT molecular complexity index is 658. The summed E-state index contributed by atoms with van der Waals surface area (Å²) in [5.74, 6) is -0.788. The number of aromatic nitrogens is 3. The van der Waals surface area contributed by atoms with E-state index in [9.17, 15) is 4.79 Å². The predicted molar refractivity (Wildman–Crippen MR) is 67.5 cm³/mol. The second-order valence-corrected chi connectivity index (χ2v) is 4.26. The number of carbonyl (C=O) groups is 1. The highest BCUT2D eigenvalue weighted by Crippen LogP contribution is 2.26. The van der Waals surface area contributed by atoms with Crippen molar-refractivity contribution in [2.75, 3.05) is 10.6 Å². The summed E-state index contributed by atoms with van der Waals surface area (Å²) in [5, 5.41) is 8.94. The molecule has 1 aliphatic heterocycles. The molecule has 0 saturated carbocycles. The van der Waals surface area contributed by atoms with Gasteiger partial charge in [0.2, 0.25) is 5.95 Å². The molecular weight excluding hydrogens is 246 g/mol. The Labute approximate surface area is 108 Å². The van der Waals surface area contributed by atoms with Gasteiger partial charge in [-0.2, -0.15) is 0 Å². The lowest BCUT2D eigenvalue weighted by molar-refractivity contribution is 0.0690. The SMILES string of the molecule is Nc1ncc2c(n1)CN(c1ccnc(C(=O)O)c1)C2. The number of carboxylic acids is 1. The van der Waals surface area contributed by atoms with E-state index in [0.29, 0.717) is 13.1 Å². The Kier molecular flexibility index (Phi) is 2.52. The fraction of sp³-hybridized carbons (Fsp3) is 0.167. The minimum absolute atomic E-state index is 0.0269. The summed E-state index contributed by atoms with van der Waals surface area (Å²) in [6.45, 7) is 1.23. The van der Waals surface area contributed by atoms with Crippen LogP contribution in [0.25, 0.3) is 0 Å². The fourth-order valence-electron chi connectivity index (χ4n) is 2.08. The van der Waals surface area contributed by atoms with E-state index in [4.69, 9.17) is 10.8 Å². The Morgan fingerprint density at radius 2 is 2.21 bits per heavy atom. The van der Waals surface area contributed by atoms with Crippen LogP contribution in [0.2, 0.25) is 0 Å². The lowest BCUT2D eigenvalue weighted by atomic mass is 10.3. The molecule has 1 aliphatic rings. The number of hydrogen-bond donors (Lipinski definition) is 2. The molecule has 7 heteroatoms. The molecule has 3 heterocycles. The van der Waals surface area contributed by atoms with E-state index in [0.717, 1.165) is 16.9 Å². The minimum atomic E-state index is -1.04. The van der Waals surface area contributed by atoms with Gasteiger partial charge in [0, 0.05) is 30.2 Å². The molecule has 96 valence electrons. The molecule has 0 radical (unpaired) electrons. The average Bonchev–Trinajstić information content (AvgIpc) is 2.81. The number of nitrogen functional groups attached to an aromatic ring is 1. The van der Waals surface area contributed by atoms with Crippen molar-refractivity contribution in [1.82, 2.24) is 15.0 Å². The van der Waals surface area contributed by atoms with Crippen molar-refractivity contribution >= 4 is 17.6 Å². The molecule has 0 atom stereocenters. The van der Waals surface area contributed by atoms with Crippen molar-refractivity contribution in [2.45, 2.75) is 13.1 Å². The van der Waals surface area contributed by atoms with Crippen LogP contribution < -0.4 is 10.6 Å². The first-order valence-corrected chi connectivity index (χ1v) is 5.68. The highest BCUT2D eigenvalue weighted by Gasteiger charge is 2.22. The van der Waals surface area contributed by atoms with E-state index in [1.165, 1.54) is 6.20 Å². The Balaban J connectivity index is 1.90. The molecule has 0 aromatic carbocycles. The van der Waals surface area contributed by atoms with E-state index >= 15 is 0 Å². The number of anilines is 2. The van der Waals surface area contributed by atoms with Gasteiger partial charge in [-0.05, 0) is 12.1 Å². The number of rotatable bonds is 2. The molecular formula is C12H11N5O2. The maximum Gasteiger partial charge on any atom is 0.354 e. The minimum Gasteiger partial charge on any atom is -0.477 e. The third kappa shape index (κ3) is 2.05. The summed E-state index contributed by atoms with van der Waals surface area (Å²) in [5.41, 5.74) is 8.25. The maximum atomic E-state index is 10.9.